The monoisotopic (exact) mass is 418 g/mol. The largest absolute Gasteiger partial charge is 0.378 e. The second-order valence-corrected chi connectivity index (χ2v) is 8.12. The molecule has 4 heterocycles. The number of aromatic nitrogens is 4. The summed E-state index contributed by atoms with van der Waals surface area (Å²) in [6.45, 7) is 4.35. The standard InChI is InChI=1S/C23H26N6O2/c30-22(25-12-17-3-5-24-6-4-17)21-11-19(16-29(21)15-18-1-2-18)20-13-26-23(27-14-20)28-7-9-31-10-8-28/h3-6,11,13-14,16,18H,1-2,7-10,12,15H2,(H,25,30). The molecule has 160 valence electrons. The molecule has 1 saturated heterocycles. The zero-order valence-corrected chi connectivity index (χ0v) is 17.4. The minimum Gasteiger partial charge on any atom is -0.378 e. The number of carbonyl (C=O) groups is 1. The SMILES string of the molecule is O=C(NCc1ccncc1)c1cc(-c2cnc(N3CCOCC3)nc2)cn1CC1CC1. The lowest BCUT2D eigenvalue weighted by atomic mass is 10.2. The summed E-state index contributed by atoms with van der Waals surface area (Å²) < 4.78 is 7.47. The molecule has 8 heteroatoms. The summed E-state index contributed by atoms with van der Waals surface area (Å²) in [5.74, 6) is 1.31. The lowest BCUT2D eigenvalue weighted by Gasteiger charge is -2.26. The molecule has 0 aromatic carbocycles. The fourth-order valence-corrected chi connectivity index (χ4v) is 3.76. The van der Waals surface area contributed by atoms with Gasteiger partial charge in [-0.05, 0) is 42.5 Å². The van der Waals surface area contributed by atoms with Crippen molar-refractivity contribution in [1.29, 1.82) is 0 Å². The number of ether oxygens (including phenoxy) is 1. The van der Waals surface area contributed by atoms with Gasteiger partial charge in [0.2, 0.25) is 5.95 Å². The maximum atomic E-state index is 12.9. The van der Waals surface area contributed by atoms with E-state index in [1.54, 1.807) is 12.4 Å². The highest BCUT2D eigenvalue weighted by Crippen LogP contribution is 2.32. The molecule has 3 aromatic heterocycles. The van der Waals surface area contributed by atoms with Crippen molar-refractivity contribution in [2.75, 3.05) is 31.2 Å². The Labute approximate surface area is 181 Å². The maximum Gasteiger partial charge on any atom is 0.268 e. The van der Waals surface area contributed by atoms with Crippen LogP contribution in [0.15, 0.2) is 49.2 Å². The van der Waals surface area contributed by atoms with Gasteiger partial charge in [0.15, 0.2) is 0 Å². The van der Waals surface area contributed by atoms with Gasteiger partial charge in [0, 0.05) is 68.3 Å². The highest BCUT2D eigenvalue weighted by atomic mass is 16.5. The smallest absolute Gasteiger partial charge is 0.268 e. The van der Waals surface area contributed by atoms with E-state index in [-0.39, 0.29) is 5.91 Å². The van der Waals surface area contributed by atoms with Crippen molar-refractivity contribution < 1.29 is 9.53 Å². The minimum atomic E-state index is -0.0745. The first-order valence-electron chi connectivity index (χ1n) is 10.8. The molecule has 0 atom stereocenters. The van der Waals surface area contributed by atoms with Crippen molar-refractivity contribution >= 4 is 11.9 Å². The molecule has 1 amide bonds. The van der Waals surface area contributed by atoms with E-state index in [0.717, 1.165) is 42.3 Å². The summed E-state index contributed by atoms with van der Waals surface area (Å²) in [6.07, 6.45) is 11.6. The Morgan fingerprint density at radius 2 is 1.84 bits per heavy atom. The predicted molar refractivity (Wildman–Crippen MR) is 117 cm³/mol. The van der Waals surface area contributed by atoms with E-state index in [9.17, 15) is 4.79 Å². The van der Waals surface area contributed by atoms with Crippen LogP contribution in [0.4, 0.5) is 5.95 Å². The van der Waals surface area contributed by atoms with Crippen molar-refractivity contribution in [2.24, 2.45) is 5.92 Å². The summed E-state index contributed by atoms with van der Waals surface area (Å²) in [5.41, 5.74) is 3.57. The van der Waals surface area contributed by atoms with Crippen LogP contribution in [-0.2, 0) is 17.8 Å². The zero-order valence-electron chi connectivity index (χ0n) is 17.4. The van der Waals surface area contributed by atoms with Crippen LogP contribution in [0.3, 0.4) is 0 Å². The second kappa shape index (κ2) is 8.85. The molecule has 8 nitrogen and oxygen atoms in total. The van der Waals surface area contributed by atoms with Gasteiger partial charge in [-0.15, -0.1) is 0 Å². The average Bonchev–Trinajstić information content (AvgIpc) is 3.55. The number of morpholine rings is 1. The van der Waals surface area contributed by atoms with Crippen LogP contribution >= 0.6 is 0 Å². The molecule has 0 bridgehead atoms. The van der Waals surface area contributed by atoms with Crippen LogP contribution in [0.5, 0.6) is 0 Å². The zero-order chi connectivity index (χ0) is 21.0. The lowest BCUT2D eigenvalue weighted by molar-refractivity contribution is 0.0941. The molecule has 0 spiro atoms. The van der Waals surface area contributed by atoms with Crippen LogP contribution in [0.1, 0.15) is 28.9 Å². The van der Waals surface area contributed by atoms with Gasteiger partial charge in [0.1, 0.15) is 5.69 Å². The summed E-state index contributed by atoms with van der Waals surface area (Å²) >= 11 is 0. The fourth-order valence-electron chi connectivity index (χ4n) is 3.76. The van der Waals surface area contributed by atoms with E-state index in [1.165, 1.54) is 12.8 Å². The second-order valence-electron chi connectivity index (χ2n) is 8.12. The highest BCUT2D eigenvalue weighted by molar-refractivity contribution is 5.94. The molecular weight excluding hydrogens is 392 g/mol. The molecule has 1 N–H and O–H groups in total. The van der Waals surface area contributed by atoms with E-state index in [2.05, 4.69) is 29.7 Å². The Bertz CT molecular complexity index is 1020. The van der Waals surface area contributed by atoms with E-state index in [0.29, 0.717) is 31.4 Å². The van der Waals surface area contributed by atoms with Gasteiger partial charge in [-0.2, -0.15) is 0 Å². The number of hydrogen-bond donors (Lipinski definition) is 1. The number of hydrogen-bond acceptors (Lipinski definition) is 6. The van der Waals surface area contributed by atoms with Gasteiger partial charge in [-0.25, -0.2) is 9.97 Å². The molecule has 31 heavy (non-hydrogen) atoms. The van der Waals surface area contributed by atoms with E-state index >= 15 is 0 Å². The number of anilines is 1. The van der Waals surface area contributed by atoms with Crippen molar-refractivity contribution in [1.82, 2.24) is 24.8 Å². The third-order valence-electron chi connectivity index (χ3n) is 5.75. The van der Waals surface area contributed by atoms with Gasteiger partial charge in [0.05, 0.1) is 13.2 Å². The van der Waals surface area contributed by atoms with Gasteiger partial charge < -0.3 is 19.5 Å². The third-order valence-corrected chi connectivity index (χ3v) is 5.75. The number of nitrogens with one attached hydrogen (secondary N) is 1. The van der Waals surface area contributed by atoms with Gasteiger partial charge >= 0.3 is 0 Å². The average molecular weight is 419 g/mol. The normalized spacial score (nSPS) is 16.3. The van der Waals surface area contributed by atoms with Crippen LogP contribution in [0, 0.1) is 5.92 Å². The first-order valence-corrected chi connectivity index (χ1v) is 10.8. The van der Waals surface area contributed by atoms with Gasteiger partial charge in [0.25, 0.3) is 5.91 Å². The summed E-state index contributed by atoms with van der Waals surface area (Å²) in [4.78, 5) is 28.2. The third kappa shape index (κ3) is 4.74. The minimum absolute atomic E-state index is 0.0745. The molecule has 3 aromatic rings. The number of nitrogens with zero attached hydrogens (tertiary/aromatic N) is 5. The Morgan fingerprint density at radius 3 is 2.55 bits per heavy atom. The Hall–Kier alpha value is -3.26. The van der Waals surface area contributed by atoms with Crippen molar-refractivity contribution in [3.05, 3.63) is 60.4 Å². The molecule has 2 fully saturated rings. The number of pyridine rings is 1. The number of amides is 1. The molecule has 2 aliphatic rings. The van der Waals surface area contributed by atoms with Crippen LogP contribution < -0.4 is 10.2 Å². The van der Waals surface area contributed by atoms with Gasteiger partial charge in [-0.3, -0.25) is 9.78 Å². The van der Waals surface area contributed by atoms with E-state index in [4.69, 9.17) is 4.74 Å². The maximum absolute atomic E-state index is 12.9. The number of rotatable bonds is 7. The predicted octanol–water partition coefficient (Wildman–Crippen LogP) is 2.52. The Morgan fingerprint density at radius 1 is 1.10 bits per heavy atom. The van der Waals surface area contributed by atoms with Crippen molar-refractivity contribution in [2.45, 2.75) is 25.9 Å². The van der Waals surface area contributed by atoms with Crippen LogP contribution in [-0.4, -0.2) is 51.7 Å². The van der Waals surface area contributed by atoms with Gasteiger partial charge in [-0.1, -0.05) is 0 Å². The molecule has 5 rings (SSSR count). The van der Waals surface area contributed by atoms with E-state index < -0.39 is 0 Å². The summed E-state index contributed by atoms with van der Waals surface area (Å²) in [7, 11) is 0. The fraction of sp³-hybridized carbons (Fsp3) is 0.391. The number of carbonyl (C=O) groups excluding carboxylic acids is 1. The topological polar surface area (TPSA) is 85.2 Å². The molecule has 0 radical (unpaired) electrons. The summed E-state index contributed by atoms with van der Waals surface area (Å²) in [6, 6.07) is 5.75. The Balaban J connectivity index is 1.34. The molecule has 1 aliphatic heterocycles. The molecular formula is C23H26N6O2. The quantitative estimate of drug-likeness (QED) is 0.635. The van der Waals surface area contributed by atoms with Crippen LogP contribution in [0.25, 0.3) is 11.1 Å². The first kappa shape index (κ1) is 19.7. The van der Waals surface area contributed by atoms with E-state index in [1.807, 2.05) is 36.8 Å². The van der Waals surface area contributed by atoms with Crippen LogP contribution in [0.2, 0.25) is 0 Å². The molecule has 0 unspecified atom stereocenters. The highest BCUT2D eigenvalue weighted by Gasteiger charge is 2.25. The van der Waals surface area contributed by atoms with Crippen molar-refractivity contribution in [3.63, 3.8) is 0 Å². The molecule has 1 saturated carbocycles. The molecule has 1 aliphatic carbocycles. The Kier molecular flexibility index (Phi) is 5.62. The summed E-state index contributed by atoms with van der Waals surface area (Å²) in [5, 5.41) is 3.03. The van der Waals surface area contributed by atoms with Crippen molar-refractivity contribution in [3.8, 4) is 11.1 Å². The lowest BCUT2D eigenvalue weighted by Crippen LogP contribution is -2.37. The first-order chi connectivity index (χ1) is 15.3.